The smallest absolute Gasteiger partial charge is 0.237 e. The summed E-state index contributed by atoms with van der Waals surface area (Å²) in [5.41, 5.74) is 6.33. The molecular weight excluding hydrogens is 319 g/mol. The average molecular weight is 337 g/mol. The second-order valence-electron chi connectivity index (χ2n) is 4.66. The highest BCUT2D eigenvalue weighted by molar-refractivity contribution is 7.85. The topological polar surface area (TPSA) is 72.2 Å². The van der Waals surface area contributed by atoms with E-state index in [1.807, 2.05) is 13.8 Å². The lowest BCUT2D eigenvalue weighted by atomic mass is 10.2. The van der Waals surface area contributed by atoms with Crippen molar-refractivity contribution in [1.82, 2.24) is 0 Å². The van der Waals surface area contributed by atoms with Crippen LogP contribution < -0.4 is 11.1 Å². The Balaban J connectivity index is 2.66. The molecule has 4 nitrogen and oxygen atoms in total. The van der Waals surface area contributed by atoms with Gasteiger partial charge in [-0.25, -0.2) is 0 Å². The number of halogens is 2. The molecule has 2 atom stereocenters. The zero-order valence-electron chi connectivity index (χ0n) is 11.4. The van der Waals surface area contributed by atoms with Gasteiger partial charge in [0.2, 0.25) is 5.91 Å². The van der Waals surface area contributed by atoms with Gasteiger partial charge < -0.3 is 11.1 Å². The Hall–Kier alpha value is -0.780. The van der Waals surface area contributed by atoms with Crippen LogP contribution in [-0.4, -0.2) is 21.6 Å². The summed E-state index contributed by atoms with van der Waals surface area (Å²) in [6.45, 7) is 4.03. The van der Waals surface area contributed by atoms with Crippen molar-refractivity contribution < 1.29 is 9.00 Å². The van der Waals surface area contributed by atoms with Gasteiger partial charge in [0, 0.05) is 21.6 Å². The molecule has 0 aliphatic heterocycles. The maximum Gasteiger partial charge on any atom is 0.237 e. The van der Waals surface area contributed by atoms with E-state index in [-0.39, 0.29) is 22.4 Å². The molecular formula is C13H18Cl2N2O2S. The molecule has 0 aromatic heterocycles. The fourth-order valence-electron chi connectivity index (χ4n) is 1.54. The van der Waals surface area contributed by atoms with Crippen molar-refractivity contribution in [2.75, 3.05) is 22.6 Å². The molecule has 2 unspecified atom stereocenters. The molecule has 0 radical (unpaired) electrons. The molecule has 0 heterocycles. The number of benzene rings is 1. The standard InChI is InChI=1S/C13H18Cl2N2O2S/c1-3-8(2)6-20(19)7-12(18)17-13-10(15)4-9(14)5-11(13)16/h4-5,8H,3,6-7,16H2,1-2H3,(H,17,18). The third-order valence-corrected chi connectivity index (χ3v) is 4.85. The van der Waals surface area contributed by atoms with Crippen LogP contribution in [-0.2, 0) is 15.6 Å². The van der Waals surface area contributed by atoms with E-state index < -0.39 is 10.8 Å². The summed E-state index contributed by atoms with van der Waals surface area (Å²) in [6.07, 6.45) is 0.934. The quantitative estimate of drug-likeness (QED) is 0.782. The summed E-state index contributed by atoms with van der Waals surface area (Å²) < 4.78 is 11.8. The number of amides is 1. The number of nitrogens with one attached hydrogen (secondary N) is 1. The number of hydrogen-bond donors (Lipinski definition) is 2. The minimum Gasteiger partial charge on any atom is -0.397 e. The minimum atomic E-state index is -1.19. The minimum absolute atomic E-state index is 0.0667. The molecule has 1 aromatic carbocycles. The molecule has 0 fully saturated rings. The molecule has 7 heteroatoms. The summed E-state index contributed by atoms with van der Waals surface area (Å²) in [4.78, 5) is 11.8. The van der Waals surface area contributed by atoms with Crippen molar-refractivity contribution in [1.29, 1.82) is 0 Å². The summed E-state index contributed by atoms with van der Waals surface area (Å²) in [5, 5.41) is 3.23. The second-order valence-corrected chi connectivity index (χ2v) is 7.01. The predicted octanol–water partition coefficient (Wildman–Crippen LogP) is 3.31. The van der Waals surface area contributed by atoms with Crippen molar-refractivity contribution in [2.24, 2.45) is 5.92 Å². The number of hydrogen-bond acceptors (Lipinski definition) is 3. The van der Waals surface area contributed by atoms with Gasteiger partial charge in [0.1, 0.15) is 5.75 Å². The van der Waals surface area contributed by atoms with Crippen LogP contribution in [0.5, 0.6) is 0 Å². The first-order valence-corrected chi connectivity index (χ1v) is 8.47. The van der Waals surface area contributed by atoms with Crippen LogP contribution in [0.15, 0.2) is 12.1 Å². The maximum atomic E-state index is 11.8. The zero-order valence-corrected chi connectivity index (χ0v) is 13.7. The molecule has 0 saturated heterocycles. The van der Waals surface area contributed by atoms with Gasteiger partial charge in [-0.05, 0) is 18.1 Å². The number of anilines is 2. The molecule has 1 rings (SSSR count). The summed E-state index contributed by atoms with van der Waals surface area (Å²) >= 11 is 11.8. The molecule has 112 valence electrons. The van der Waals surface area contributed by atoms with Crippen molar-refractivity contribution in [3.8, 4) is 0 Å². The Kier molecular flexibility index (Phi) is 6.79. The Morgan fingerprint density at radius 3 is 2.65 bits per heavy atom. The van der Waals surface area contributed by atoms with Gasteiger partial charge in [0.25, 0.3) is 0 Å². The summed E-state index contributed by atoms with van der Waals surface area (Å²) in [6, 6.07) is 2.99. The van der Waals surface area contributed by atoms with Gasteiger partial charge in [0.15, 0.2) is 0 Å². The van der Waals surface area contributed by atoms with Gasteiger partial charge in [-0.2, -0.15) is 0 Å². The SMILES string of the molecule is CCC(C)CS(=O)CC(=O)Nc1c(N)cc(Cl)cc1Cl. The number of nitrogens with two attached hydrogens (primary N) is 1. The first kappa shape index (κ1) is 17.3. The van der Waals surface area contributed by atoms with E-state index in [0.717, 1.165) is 6.42 Å². The summed E-state index contributed by atoms with van der Waals surface area (Å²) in [5.74, 6) is 0.395. The van der Waals surface area contributed by atoms with E-state index >= 15 is 0 Å². The molecule has 0 aliphatic carbocycles. The van der Waals surface area contributed by atoms with Gasteiger partial charge in [-0.1, -0.05) is 43.5 Å². The maximum absolute atomic E-state index is 11.8. The molecule has 0 saturated carbocycles. The highest BCUT2D eigenvalue weighted by atomic mass is 35.5. The predicted molar refractivity (Wildman–Crippen MR) is 86.8 cm³/mol. The fraction of sp³-hybridized carbons (Fsp3) is 0.462. The second kappa shape index (κ2) is 7.86. The molecule has 3 N–H and O–H groups in total. The Morgan fingerprint density at radius 1 is 1.45 bits per heavy atom. The van der Waals surface area contributed by atoms with E-state index in [1.165, 1.54) is 12.1 Å². The van der Waals surface area contributed by atoms with Crippen molar-refractivity contribution in [3.05, 3.63) is 22.2 Å². The van der Waals surface area contributed by atoms with E-state index in [0.29, 0.717) is 22.4 Å². The van der Waals surface area contributed by atoms with E-state index in [9.17, 15) is 9.00 Å². The Bertz CT molecular complexity index is 500. The van der Waals surface area contributed by atoms with Gasteiger partial charge in [0.05, 0.1) is 16.4 Å². The lowest BCUT2D eigenvalue weighted by molar-refractivity contribution is -0.113. The Morgan fingerprint density at radius 2 is 2.10 bits per heavy atom. The van der Waals surface area contributed by atoms with Crippen LogP contribution in [0.1, 0.15) is 20.3 Å². The van der Waals surface area contributed by atoms with E-state index in [1.54, 1.807) is 0 Å². The largest absolute Gasteiger partial charge is 0.397 e. The highest BCUT2D eigenvalue weighted by Gasteiger charge is 2.14. The van der Waals surface area contributed by atoms with E-state index in [4.69, 9.17) is 28.9 Å². The molecule has 0 aliphatic rings. The Labute approximate surface area is 131 Å². The lowest BCUT2D eigenvalue weighted by Crippen LogP contribution is -2.23. The molecule has 0 bridgehead atoms. The number of nitrogen functional groups attached to an aromatic ring is 1. The highest BCUT2D eigenvalue weighted by Crippen LogP contribution is 2.31. The van der Waals surface area contributed by atoms with E-state index in [2.05, 4.69) is 5.32 Å². The van der Waals surface area contributed by atoms with Crippen LogP contribution in [0.4, 0.5) is 11.4 Å². The number of carbonyl (C=O) groups excluding carboxylic acids is 1. The fourth-order valence-corrected chi connectivity index (χ4v) is 3.45. The molecule has 0 spiro atoms. The van der Waals surface area contributed by atoms with Gasteiger partial charge >= 0.3 is 0 Å². The van der Waals surface area contributed by atoms with Crippen molar-refractivity contribution in [3.63, 3.8) is 0 Å². The first-order valence-electron chi connectivity index (χ1n) is 6.22. The summed E-state index contributed by atoms with van der Waals surface area (Å²) in [7, 11) is -1.19. The van der Waals surface area contributed by atoms with Crippen LogP contribution in [0.3, 0.4) is 0 Å². The van der Waals surface area contributed by atoms with Crippen molar-refractivity contribution >= 4 is 51.3 Å². The number of carbonyl (C=O) groups is 1. The average Bonchev–Trinajstić information content (AvgIpc) is 2.33. The molecule has 1 aromatic rings. The lowest BCUT2D eigenvalue weighted by Gasteiger charge is -2.11. The van der Waals surface area contributed by atoms with Crippen LogP contribution in [0, 0.1) is 5.92 Å². The first-order chi connectivity index (χ1) is 9.33. The van der Waals surface area contributed by atoms with Gasteiger partial charge in [-0.3, -0.25) is 9.00 Å². The molecule has 20 heavy (non-hydrogen) atoms. The van der Waals surface area contributed by atoms with Crippen LogP contribution in [0.2, 0.25) is 10.0 Å². The number of rotatable bonds is 6. The van der Waals surface area contributed by atoms with Gasteiger partial charge in [-0.15, -0.1) is 0 Å². The van der Waals surface area contributed by atoms with Crippen LogP contribution in [0.25, 0.3) is 0 Å². The normalized spacial score (nSPS) is 13.8. The zero-order chi connectivity index (χ0) is 15.3. The van der Waals surface area contributed by atoms with Crippen LogP contribution >= 0.6 is 23.2 Å². The third-order valence-electron chi connectivity index (χ3n) is 2.81. The third kappa shape index (κ3) is 5.31. The molecule has 1 amide bonds. The monoisotopic (exact) mass is 336 g/mol. The van der Waals surface area contributed by atoms with Crippen molar-refractivity contribution in [2.45, 2.75) is 20.3 Å².